The van der Waals surface area contributed by atoms with Gasteiger partial charge in [-0.2, -0.15) is 0 Å². The van der Waals surface area contributed by atoms with Crippen LogP contribution in [0.15, 0.2) is 0 Å². The average Bonchev–Trinajstić information content (AvgIpc) is 2.35. The summed E-state index contributed by atoms with van der Waals surface area (Å²) in [5.74, 6) is 0. The van der Waals surface area contributed by atoms with E-state index in [1.165, 1.54) is 77.0 Å². The van der Waals surface area contributed by atoms with Gasteiger partial charge in [-0.1, -0.05) is 104 Å². The second-order valence-electron chi connectivity index (χ2n) is 5.11. The van der Waals surface area contributed by atoms with Crippen molar-refractivity contribution >= 4 is 0 Å². The molecule has 0 heteroatoms. The summed E-state index contributed by atoms with van der Waals surface area (Å²) in [4.78, 5) is 0. The van der Waals surface area contributed by atoms with E-state index in [1.807, 2.05) is 0 Å². The van der Waals surface area contributed by atoms with Crippen LogP contribution in [0.2, 0.25) is 0 Å². The van der Waals surface area contributed by atoms with Crippen LogP contribution in [-0.2, 0) is 0 Å². The second kappa shape index (κ2) is 16.0. The lowest BCUT2D eigenvalue weighted by Crippen LogP contribution is -1.83. The Hall–Kier alpha value is 0. The van der Waals surface area contributed by atoms with Gasteiger partial charge >= 0.3 is 0 Å². The highest BCUT2D eigenvalue weighted by Gasteiger charge is 1.93. The van der Waals surface area contributed by atoms with Crippen LogP contribution in [0, 0.1) is 20.3 Å². The molecule has 0 heterocycles. The molecule has 0 spiro atoms. The molecule has 0 N–H and O–H groups in total. The van der Waals surface area contributed by atoms with Gasteiger partial charge in [0.1, 0.15) is 0 Å². The quantitative estimate of drug-likeness (QED) is 0.310. The zero-order valence-corrected chi connectivity index (χ0v) is 11.9. The van der Waals surface area contributed by atoms with Gasteiger partial charge in [-0.25, -0.2) is 0 Å². The van der Waals surface area contributed by atoms with Crippen LogP contribution in [0.25, 0.3) is 0 Å². The van der Waals surface area contributed by atoms with E-state index in [0.717, 1.165) is 12.8 Å². The lowest BCUT2D eigenvalue weighted by molar-refractivity contribution is 0.564. The molecule has 0 aliphatic rings. The highest BCUT2D eigenvalue weighted by Crippen LogP contribution is 2.12. The van der Waals surface area contributed by atoms with E-state index in [1.54, 1.807) is 0 Å². The Bertz CT molecular complexity index is 103. The average molecular weight is 237 g/mol. The number of hydrogen-bond donors (Lipinski definition) is 0. The summed E-state index contributed by atoms with van der Waals surface area (Å²) in [6.45, 7) is 7.74. The van der Waals surface area contributed by atoms with E-state index in [2.05, 4.69) is 20.3 Å². The molecule has 101 valence electrons. The van der Waals surface area contributed by atoms with Gasteiger partial charge in [0, 0.05) is 0 Å². The maximum Gasteiger partial charge on any atom is -0.0386 e. The van der Waals surface area contributed by atoms with Crippen LogP contribution in [0.4, 0.5) is 0 Å². The predicted octanol–water partition coefficient (Wildman–Crippen LogP) is 6.32. The van der Waals surface area contributed by atoms with Crippen LogP contribution in [0.1, 0.15) is 89.9 Å². The minimum Gasteiger partial charge on any atom is -0.0533 e. The molecule has 0 atom stereocenters. The van der Waals surface area contributed by atoms with Gasteiger partial charge in [0.2, 0.25) is 0 Å². The molecular formula is C17H33. The van der Waals surface area contributed by atoms with Crippen molar-refractivity contribution in [1.82, 2.24) is 0 Å². The highest BCUT2D eigenvalue weighted by atomic mass is 14.0. The molecule has 0 nitrogen and oxygen atoms in total. The lowest BCUT2D eigenvalue weighted by atomic mass is 10.0. The molecule has 3 radical (unpaired) electrons. The summed E-state index contributed by atoms with van der Waals surface area (Å²) >= 11 is 0. The van der Waals surface area contributed by atoms with Crippen molar-refractivity contribution in [1.29, 1.82) is 0 Å². The summed E-state index contributed by atoms with van der Waals surface area (Å²) < 4.78 is 0. The van der Waals surface area contributed by atoms with E-state index < -0.39 is 0 Å². The molecule has 17 heavy (non-hydrogen) atoms. The highest BCUT2D eigenvalue weighted by molar-refractivity contribution is 4.64. The first kappa shape index (κ1) is 17.0. The minimum absolute atomic E-state index is 1.10. The molecule has 0 rings (SSSR count). The van der Waals surface area contributed by atoms with Gasteiger partial charge in [-0.05, 0) is 6.42 Å². The zero-order valence-electron chi connectivity index (χ0n) is 11.9. The van der Waals surface area contributed by atoms with Crippen molar-refractivity contribution in [3.05, 3.63) is 20.3 Å². The largest absolute Gasteiger partial charge is 0.0533 e. The van der Waals surface area contributed by atoms with Gasteiger partial charge in [0.05, 0.1) is 0 Å². The summed E-state index contributed by atoms with van der Waals surface area (Å²) in [6.07, 6.45) is 21.3. The molecule has 0 fully saturated rings. The van der Waals surface area contributed by atoms with Crippen LogP contribution in [0.3, 0.4) is 0 Å². The molecule has 0 saturated heterocycles. The monoisotopic (exact) mass is 237 g/mol. The van der Waals surface area contributed by atoms with Crippen LogP contribution < -0.4 is 0 Å². The molecule has 0 bridgehead atoms. The van der Waals surface area contributed by atoms with Gasteiger partial charge in [-0.3, -0.25) is 0 Å². The maximum absolute atomic E-state index is 3.87. The number of unbranched alkanes of at least 4 members (excludes halogenated alkanes) is 14. The van der Waals surface area contributed by atoms with E-state index >= 15 is 0 Å². The molecule has 0 aromatic rings. The smallest absolute Gasteiger partial charge is 0.0386 e. The summed E-state index contributed by atoms with van der Waals surface area (Å²) in [6, 6.07) is 0. The van der Waals surface area contributed by atoms with Gasteiger partial charge in [-0.15, -0.1) is 0 Å². The Kier molecular flexibility index (Phi) is 16.0. The van der Waals surface area contributed by atoms with Crippen molar-refractivity contribution in [2.45, 2.75) is 89.9 Å². The van der Waals surface area contributed by atoms with Crippen molar-refractivity contribution in [2.24, 2.45) is 0 Å². The van der Waals surface area contributed by atoms with Crippen LogP contribution in [0.5, 0.6) is 0 Å². The fourth-order valence-electron chi connectivity index (χ4n) is 2.14. The third-order valence-corrected chi connectivity index (χ3v) is 3.32. The first-order chi connectivity index (χ1) is 8.41. The predicted molar refractivity (Wildman–Crippen MR) is 79.7 cm³/mol. The van der Waals surface area contributed by atoms with E-state index in [4.69, 9.17) is 0 Å². The lowest BCUT2D eigenvalue weighted by Gasteiger charge is -2.02. The Morgan fingerprint density at radius 1 is 0.471 bits per heavy atom. The Labute approximate surface area is 111 Å². The summed E-state index contributed by atoms with van der Waals surface area (Å²) in [7, 11) is 0. The van der Waals surface area contributed by atoms with Gasteiger partial charge < -0.3 is 0 Å². The molecule has 0 aromatic carbocycles. The van der Waals surface area contributed by atoms with Crippen LogP contribution in [-0.4, -0.2) is 0 Å². The van der Waals surface area contributed by atoms with E-state index in [9.17, 15) is 0 Å². The molecular weight excluding hydrogens is 204 g/mol. The first-order valence-electron chi connectivity index (χ1n) is 7.82. The van der Waals surface area contributed by atoms with Gasteiger partial charge in [0.25, 0.3) is 0 Å². The van der Waals surface area contributed by atoms with E-state index in [0.29, 0.717) is 0 Å². The first-order valence-corrected chi connectivity index (χ1v) is 7.82. The van der Waals surface area contributed by atoms with Crippen LogP contribution >= 0.6 is 0 Å². The molecule has 0 aromatic heterocycles. The Morgan fingerprint density at radius 3 is 1.35 bits per heavy atom. The SMILES string of the molecule is [CH2]CCCC[CH]CCCCCCCCCC[CH2]. The second-order valence-corrected chi connectivity index (χ2v) is 5.11. The third-order valence-electron chi connectivity index (χ3n) is 3.32. The van der Waals surface area contributed by atoms with Crippen molar-refractivity contribution in [2.75, 3.05) is 0 Å². The normalized spacial score (nSPS) is 10.9. The molecule has 0 amide bonds. The summed E-state index contributed by atoms with van der Waals surface area (Å²) in [5.41, 5.74) is 0. The topological polar surface area (TPSA) is 0 Å². The minimum atomic E-state index is 1.10. The molecule has 0 unspecified atom stereocenters. The Balaban J connectivity index is 2.85. The third kappa shape index (κ3) is 16.0. The fourth-order valence-corrected chi connectivity index (χ4v) is 2.14. The van der Waals surface area contributed by atoms with E-state index in [-0.39, 0.29) is 0 Å². The zero-order chi connectivity index (χ0) is 12.6. The standard InChI is InChI=1S/C17H33/c1-3-5-7-9-11-13-15-17-16-14-12-10-8-6-4-2/h11H,1-10,12-17H2. The number of rotatable bonds is 14. The van der Waals surface area contributed by atoms with Crippen molar-refractivity contribution in [3.8, 4) is 0 Å². The summed E-state index contributed by atoms with van der Waals surface area (Å²) in [5, 5.41) is 0. The molecule has 0 aliphatic carbocycles. The van der Waals surface area contributed by atoms with Crippen molar-refractivity contribution in [3.63, 3.8) is 0 Å². The van der Waals surface area contributed by atoms with Crippen molar-refractivity contribution < 1.29 is 0 Å². The Morgan fingerprint density at radius 2 is 0.824 bits per heavy atom. The number of hydrogen-bond acceptors (Lipinski definition) is 0. The molecule has 0 saturated carbocycles. The molecule has 0 aliphatic heterocycles. The maximum atomic E-state index is 3.87. The fraction of sp³-hybridized carbons (Fsp3) is 0.824. The van der Waals surface area contributed by atoms with Gasteiger partial charge in [0.15, 0.2) is 0 Å².